The number of nitrogens with zero attached hydrogens (tertiary/aromatic N) is 4. The SMILES string of the molecule is C1=CCC(c2cc(-c3cccc(-c4ccccc4)n3)cc(-n3c4ccccc4c4c3ccc3c5ccccc5n(-c5ccc(-c6ccccc6)cc5)c34)n2)C=C1. The Morgan fingerprint density at radius 1 is 0.446 bits per heavy atom. The first-order chi connectivity index (χ1) is 27.8. The number of benzene rings is 6. The van der Waals surface area contributed by atoms with Gasteiger partial charge in [0.25, 0.3) is 0 Å². The zero-order chi connectivity index (χ0) is 37.0. The molecule has 1 aliphatic rings. The predicted octanol–water partition coefficient (Wildman–Crippen LogP) is 13.3. The van der Waals surface area contributed by atoms with Gasteiger partial charge >= 0.3 is 0 Å². The van der Waals surface area contributed by atoms with Crippen molar-refractivity contribution in [3.8, 4) is 45.1 Å². The zero-order valence-corrected chi connectivity index (χ0v) is 30.6. The molecule has 0 N–H and O–H groups in total. The molecule has 0 radical (unpaired) electrons. The Morgan fingerprint density at radius 3 is 1.86 bits per heavy atom. The van der Waals surface area contributed by atoms with E-state index in [1.165, 1.54) is 43.7 Å². The summed E-state index contributed by atoms with van der Waals surface area (Å²) in [6.07, 6.45) is 9.66. The van der Waals surface area contributed by atoms with Crippen molar-refractivity contribution in [1.82, 2.24) is 19.1 Å². The van der Waals surface area contributed by atoms with E-state index in [9.17, 15) is 0 Å². The first-order valence-electron chi connectivity index (χ1n) is 19.3. The van der Waals surface area contributed by atoms with Crippen molar-refractivity contribution in [2.45, 2.75) is 12.3 Å². The van der Waals surface area contributed by atoms with Crippen LogP contribution in [0.25, 0.3) is 88.8 Å². The smallest absolute Gasteiger partial charge is 0.138 e. The van der Waals surface area contributed by atoms with Crippen LogP contribution >= 0.6 is 0 Å². The van der Waals surface area contributed by atoms with E-state index in [1.54, 1.807) is 0 Å². The number of hydrogen-bond acceptors (Lipinski definition) is 2. The minimum atomic E-state index is 0.164. The molecule has 0 amide bonds. The van der Waals surface area contributed by atoms with Gasteiger partial charge in [-0.05, 0) is 72.1 Å². The second kappa shape index (κ2) is 13.2. The molecule has 4 heteroatoms. The maximum absolute atomic E-state index is 5.49. The van der Waals surface area contributed by atoms with Crippen LogP contribution in [0.1, 0.15) is 18.0 Å². The fourth-order valence-electron chi connectivity index (χ4n) is 8.61. The first-order valence-corrected chi connectivity index (χ1v) is 19.3. The molecule has 0 bridgehead atoms. The molecule has 0 aliphatic heterocycles. The molecule has 264 valence electrons. The van der Waals surface area contributed by atoms with Gasteiger partial charge in [0, 0.05) is 44.3 Å². The summed E-state index contributed by atoms with van der Waals surface area (Å²) in [5.41, 5.74) is 13.2. The summed E-state index contributed by atoms with van der Waals surface area (Å²) in [6.45, 7) is 0. The van der Waals surface area contributed by atoms with Crippen LogP contribution in [0.5, 0.6) is 0 Å². The Labute approximate surface area is 325 Å². The van der Waals surface area contributed by atoms with Crippen molar-refractivity contribution in [3.05, 3.63) is 206 Å². The van der Waals surface area contributed by atoms with Crippen LogP contribution in [0.4, 0.5) is 0 Å². The van der Waals surface area contributed by atoms with Crippen LogP contribution in [-0.2, 0) is 0 Å². The van der Waals surface area contributed by atoms with Gasteiger partial charge in [0.1, 0.15) is 5.82 Å². The number of allylic oxidation sites excluding steroid dienone is 4. The summed E-state index contributed by atoms with van der Waals surface area (Å²) in [6, 6.07) is 62.9. The number of aromatic nitrogens is 4. The molecule has 10 aromatic rings. The van der Waals surface area contributed by atoms with Crippen LogP contribution in [-0.4, -0.2) is 19.1 Å². The molecule has 11 rings (SSSR count). The van der Waals surface area contributed by atoms with Crippen LogP contribution in [0.15, 0.2) is 200 Å². The molecular weight excluding hydrogens is 681 g/mol. The van der Waals surface area contributed by atoms with Crippen LogP contribution in [0, 0.1) is 0 Å². The highest BCUT2D eigenvalue weighted by atomic mass is 15.1. The minimum Gasteiger partial charge on any atom is -0.309 e. The summed E-state index contributed by atoms with van der Waals surface area (Å²) in [5.74, 6) is 1.05. The lowest BCUT2D eigenvalue weighted by Crippen LogP contribution is -2.06. The molecule has 1 unspecified atom stereocenters. The quantitative estimate of drug-likeness (QED) is 0.172. The van der Waals surface area contributed by atoms with Gasteiger partial charge in [0.05, 0.1) is 39.1 Å². The lowest BCUT2D eigenvalue weighted by atomic mass is 9.95. The Balaban J connectivity index is 1.17. The predicted molar refractivity (Wildman–Crippen MR) is 233 cm³/mol. The molecule has 56 heavy (non-hydrogen) atoms. The summed E-state index contributed by atoms with van der Waals surface area (Å²) in [5, 5.41) is 4.86. The van der Waals surface area contributed by atoms with Gasteiger partial charge in [0.2, 0.25) is 0 Å². The van der Waals surface area contributed by atoms with E-state index in [-0.39, 0.29) is 5.92 Å². The third-order valence-corrected chi connectivity index (χ3v) is 11.2. The third-order valence-electron chi connectivity index (χ3n) is 11.2. The molecule has 1 atom stereocenters. The largest absolute Gasteiger partial charge is 0.309 e. The highest BCUT2D eigenvalue weighted by molar-refractivity contribution is 6.26. The van der Waals surface area contributed by atoms with E-state index in [0.717, 1.165) is 57.2 Å². The molecule has 0 saturated carbocycles. The van der Waals surface area contributed by atoms with E-state index in [1.807, 2.05) is 6.07 Å². The van der Waals surface area contributed by atoms with Crippen LogP contribution in [0.2, 0.25) is 0 Å². The van der Waals surface area contributed by atoms with Crippen molar-refractivity contribution >= 4 is 43.6 Å². The molecule has 0 saturated heterocycles. The molecule has 4 heterocycles. The summed E-state index contributed by atoms with van der Waals surface area (Å²) < 4.78 is 4.81. The molecule has 0 fully saturated rings. The van der Waals surface area contributed by atoms with Crippen molar-refractivity contribution in [2.75, 3.05) is 0 Å². The molecule has 6 aromatic carbocycles. The van der Waals surface area contributed by atoms with Crippen molar-refractivity contribution < 1.29 is 0 Å². The fourth-order valence-corrected chi connectivity index (χ4v) is 8.61. The number of hydrogen-bond donors (Lipinski definition) is 0. The highest BCUT2D eigenvalue weighted by Gasteiger charge is 2.23. The maximum Gasteiger partial charge on any atom is 0.138 e. The van der Waals surface area contributed by atoms with Gasteiger partial charge in [-0.15, -0.1) is 0 Å². The highest BCUT2D eigenvalue weighted by Crippen LogP contribution is 2.42. The lowest BCUT2D eigenvalue weighted by Gasteiger charge is -2.17. The Morgan fingerprint density at radius 2 is 1.11 bits per heavy atom. The Hall–Kier alpha value is -7.30. The molecule has 1 aliphatic carbocycles. The summed E-state index contributed by atoms with van der Waals surface area (Å²) in [4.78, 5) is 10.7. The standard InChI is InChI=1S/C52H36N4/c1-4-15-35(16-5-1)36-27-29-40(30-28-36)55-47-25-12-10-21-41(47)42-31-32-49-51(52(42)55)43-22-11-13-26-48(43)56(49)50-34-39(33-46(54-50)38-19-8-3-9-20-38)45-24-14-23-44(53-45)37-17-6-2-7-18-37/h1-19,21-34,38H,20H2. The monoisotopic (exact) mass is 716 g/mol. The van der Waals surface area contributed by atoms with Gasteiger partial charge in [-0.2, -0.15) is 0 Å². The normalized spacial score (nSPS) is 14.0. The molecule has 0 spiro atoms. The van der Waals surface area contributed by atoms with E-state index in [2.05, 4.69) is 203 Å². The number of pyridine rings is 2. The lowest BCUT2D eigenvalue weighted by molar-refractivity contribution is 0.809. The van der Waals surface area contributed by atoms with E-state index < -0.39 is 0 Å². The van der Waals surface area contributed by atoms with E-state index >= 15 is 0 Å². The third kappa shape index (κ3) is 5.30. The number of fused-ring (bicyclic) bond motifs is 7. The van der Waals surface area contributed by atoms with Crippen LogP contribution in [0.3, 0.4) is 0 Å². The molecule has 4 aromatic heterocycles. The van der Waals surface area contributed by atoms with E-state index in [4.69, 9.17) is 9.97 Å². The summed E-state index contributed by atoms with van der Waals surface area (Å²) in [7, 11) is 0. The second-order valence-corrected chi connectivity index (χ2v) is 14.5. The van der Waals surface area contributed by atoms with E-state index in [0.29, 0.717) is 0 Å². The van der Waals surface area contributed by atoms with Gasteiger partial charge in [-0.25, -0.2) is 9.97 Å². The van der Waals surface area contributed by atoms with Gasteiger partial charge < -0.3 is 4.57 Å². The molecular formula is C52H36N4. The van der Waals surface area contributed by atoms with Crippen molar-refractivity contribution in [2.24, 2.45) is 0 Å². The number of rotatable bonds is 6. The van der Waals surface area contributed by atoms with Gasteiger partial charge in [-0.1, -0.05) is 146 Å². The zero-order valence-electron chi connectivity index (χ0n) is 30.6. The summed E-state index contributed by atoms with van der Waals surface area (Å²) >= 11 is 0. The van der Waals surface area contributed by atoms with Crippen molar-refractivity contribution in [3.63, 3.8) is 0 Å². The molecule has 4 nitrogen and oxygen atoms in total. The fraction of sp³-hybridized carbons (Fsp3) is 0.0385. The van der Waals surface area contributed by atoms with Gasteiger partial charge in [0.15, 0.2) is 0 Å². The second-order valence-electron chi connectivity index (χ2n) is 14.5. The number of para-hydroxylation sites is 2. The average Bonchev–Trinajstić information content (AvgIpc) is 3.80. The minimum absolute atomic E-state index is 0.164. The topological polar surface area (TPSA) is 35.6 Å². The Bertz CT molecular complexity index is 3150. The average molecular weight is 717 g/mol. The Kier molecular flexibility index (Phi) is 7.59. The van der Waals surface area contributed by atoms with Crippen molar-refractivity contribution in [1.29, 1.82) is 0 Å². The first kappa shape index (κ1) is 32.2. The van der Waals surface area contributed by atoms with Crippen LogP contribution < -0.4 is 0 Å². The maximum atomic E-state index is 5.49. The van der Waals surface area contributed by atoms with Gasteiger partial charge in [-0.3, -0.25) is 4.57 Å².